The van der Waals surface area contributed by atoms with Crippen LogP contribution in [0.3, 0.4) is 0 Å². The largest absolute Gasteiger partial charge is 0.374 e. The first kappa shape index (κ1) is 17.7. The second kappa shape index (κ2) is 7.25. The highest BCUT2D eigenvalue weighted by molar-refractivity contribution is 8.02. The number of benzene rings is 1. The number of carbonyl (C=O) groups excluding carboxylic acids is 1. The lowest BCUT2D eigenvalue weighted by Gasteiger charge is -2.13. The molecular formula is C12H15N5O3S3. The van der Waals surface area contributed by atoms with E-state index >= 15 is 0 Å². The van der Waals surface area contributed by atoms with Crippen molar-refractivity contribution in [2.45, 2.75) is 27.8 Å². The van der Waals surface area contributed by atoms with E-state index in [-0.39, 0.29) is 16.1 Å². The van der Waals surface area contributed by atoms with E-state index in [4.69, 9.17) is 10.9 Å². The van der Waals surface area contributed by atoms with Crippen LogP contribution >= 0.6 is 23.1 Å². The third-order valence-corrected chi connectivity index (χ3v) is 5.91. The fourth-order valence-corrected chi connectivity index (χ4v) is 3.98. The summed E-state index contributed by atoms with van der Waals surface area (Å²) in [4.78, 5) is 12.3. The van der Waals surface area contributed by atoms with Gasteiger partial charge in [0.25, 0.3) is 0 Å². The monoisotopic (exact) mass is 373 g/mol. The zero-order valence-corrected chi connectivity index (χ0v) is 14.5. The molecule has 0 fully saturated rings. The highest BCUT2D eigenvalue weighted by atomic mass is 32.2. The summed E-state index contributed by atoms with van der Waals surface area (Å²) in [6.45, 7) is 1.88. The quantitative estimate of drug-likeness (QED) is 0.647. The molecular weight excluding hydrogens is 358 g/mol. The predicted molar refractivity (Wildman–Crippen MR) is 90.7 cm³/mol. The van der Waals surface area contributed by atoms with Gasteiger partial charge in [-0.1, -0.05) is 30.0 Å². The Bertz CT molecular complexity index is 789. The lowest BCUT2D eigenvalue weighted by atomic mass is 10.3. The van der Waals surface area contributed by atoms with Crippen molar-refractivity contribution in [3.63, 3.8) is 0 Å². The topological polar surface area (TPSA) is 141 Å². The number of nitrogens with zero attached hydrogens (tertiary/aromatic N) is 2. The van der Waals surface area contributed by atoms with Gasteiger partial charge in [0, 0.05) is 5.69 Å². The zero-order valence-electron chi connectivity index (χ0n) is 12.1. The van der Waals surface area contributed by atoms with Crippen LogP contribution < -0.4 is 16.2 Å². The van der Waals surface area contributed by atoms with Crippen molar-refractivity contribution in [1.29, 1.82) is 0 Å². The third-order valence-electron chi connectivity index (χ3n) is 2.78. The van der Waals surface area contributed by atoms with Gasteiger partial charge < -0.3 is 11.1 Å². The van der Waals surface area contributed by atoms with Crippen molar-refractivity contribution in [1.82, 2.24) is 10.2 Å². The van der Waals surface area contributed by atoms with Crippen molar-refractivity contribution < 1.29 is 13.2 Å². The second-order valence-electron chi connectivity index (χ2n) is 4.48. The first-order valence-electron chi connectivity index (χ1n) is 6.49. The maximum absolute atomic E-state index is 12.3. The number of hydrogen-bond acceptors (Lipinski definition) is 8. The molecule has 0 bridgehead atoms. The van der Waals surface area contributed by atoms with Crippen molar-refractivity contribution in [2.75, 3.05) is 11.1 Å². The summed E-state index contributed by atoms with van der Waals surface area (Å²) in [5.41, 5.74) is 6.00. The Balaban J connectivity index is 2.04. The van der Waals surface area contributed by atoms with Gasteiger partial charge in [0.1, 0.15) is 0 Å². The number of carbonyl (C=O) groups is 1. The van der Waals surface area contributed by atoms with Crippen LogP contribution in [0.5, 0.6) is 0 Å². The molecule has 11 heteroatoms. The van der Waals surface area contributed by atoms with Gasteiger partial charge >= 0.3 is 0 Å². The summed E-state index contributed by atoms with van der Waals surface area (Å²) in [6.07, 6.45) is 0.589. The first-order chi connectivity index (χ1) is 10.8. The van der Waals surface area contributed by atoms with Crippen molar-refractivity contribution in [2.24, 2.45) is 5.14 Å². The van der Waals surface area contributed by atoms with Crippen molar-refractivity contribution in [3.8, 4) is 0 Å². The van der Waals surface area contributed by atoms with Crippen LogP contribution in [0.15, 0.2) is 33.5 Å². The number of sulfonamides is 1. The number of nitrogens with one attached hydrogen (secondary N) is 1. The van der Waals surface area contributed by atoms with Crippen LogP contribution in [0, 0.1) is 0 Å². The molecule has 124 valence electrons. The molecule has 1 heterocycles. The SMILES string of the molecule is CCC(Sc1nnc(N)s1)C(=O)Nc1ccc(S(N)(=O)=O)cc1. The Morgan fingerprint density at radius 2 is 2.00 bits per heavy atom. The molecule has 0 saturated heterocycles. The molecule has 8 nitrogen and oxygen atoms in total. The summed E-state index contributed by atoms with van der Waals surface area (Å²) in [6, 6.07) is 5.64. The fraction of sp³-hybridized carbons (Fsp3) is 0.250. The normalized spacial score (nSPS) is 12.8. The Morgan fingerprint density at radius 3 is 2.48 bits per heavy atom. The lowest BCUT2D eigenvalue weighted by Crippen LogP contribution is -2.24. The summed E-state index contributed by atoms with van der Waals surface area (Å²) in [7, 11) is -3.75. The Morgan fingerprint density at radius 1 is 1.35 bits per heavy atom. The van der Waals surface area contributed by atoms with E-state index in [1.165, 1.54) is 47.4 Å². The number of anilines is 2. The summed E-state index contributed by atoms with van der Waals surface area (Å²) >= 11 is 2.50. The van der Waals surface area contributed by atoms with Gasteiger partial charge in [-0.15, -0.1) is 10.2 Å². The Kier molecular flexibility index (Phi) is 5.57. The Labute approximate surface area is 141 Å². The van der Waals surface area contributed by atoms with E-state index in [1.54, 1.807) is 0 Å². The minimum absolute atomic E-state index is 0.0127. The molecule has 2 aromatic rings. The highest BCUT2D eigenvalue weighted by Gasteiger charge is 2.20. The molecule has 5 N–H and O–H groups in total. The molecule has 1 amide bonds. The van der Waals surface area contributed by atoms with Crippen LogP contribution in [0.2, 0.25) is 0 Å². The average molecular weight is 373 g/mol. The lowest BCUT2D eigenvalue weighted by molar-refractivity contribution is -0.115. The molecule has 2 rings (SSSR count). The zero-order chi connectivity index (χ0) is 17.0. The molecule has 0 aliphatic rings. The van der Waals surface area contributed by atoms with Gasteiger partial charge in [-0.05, 0) is 30.7 Å². The van der Waals surface area contributed by atoms with E-state index in [0.717, 1.165) is 0 Å². The number of thioether (sulfide) groups is 1. The average Bonchev–Trinajstić information content (AvgIpc) is 2.89. The number of nitrogens with two attached hydrogens (primary N) is 2. The fourth-order valence-electron chi connectivity index (χ4n) is 1.66. The maximum atomic E-state index is 12.3. The number of nitrogen functional groups attached to an aromatic ring is 1. The second-order valence-corrected chi connectivity index (χ2v) is 8.50. The van der Waals surface area contributed by atoms with Crippen LogP contribution in [-0.2, 0) is 14.8 Å². The van der Waals surface area contributed by atoms with Crippen LogP contribution in [0.1, 0.15) is 13.3 Å². The molecule has 1 aromatic heterocycles. The van der Waals surface area contributed by atoms with Crippen molar-refractivity contribution in [3.05, 3.63) is 24.3 Å². The van der Waals surface area contributed by atoms with E-state index in [2.05, 4.69) is 15.5 Å². The molecule has 1 unspecified atom stereocenters. The number of amides is 1. The Hall–Kier alpha value is -1.69. The standard InChI is InChI=1S/C12H15N5O3S3/c1-2-9(21-12-17-16-11(13)22-12)10(18)15-7-3-5-8(6-4-7)23(14,19)20/h3-6,9H,2H2,1H3,(H2,13,16)(H,15,18)(H2,14,19,20). The van der Waals surface area contributed by atoms with E-state index in [9.17, 15) is 13.2 Å². The predicted octanol–water partition coefficient (Wildman–Crippen LogP) is 1.28. The molecule has 0 saturated carbocycles. The van der Waals surface area contributed by atoms with Gasteiger partial charge in [0.2, 0.25) is 21.1 Å². The molecule has 1 aromatic carbocycles. The maximum Gasteiger partial charge on any atom is 0.238 e. The van der Waals surface area contributed by atoms with Gasteiger partial charge in [-0.3, -0.25) is 4.79 Å². The van der Waals surface area contributed by atoms with E-state index in [1.807, 2.05) is 6.92 Å². The number of hydrogen-bond donors (Lipinski definition) is 3. The molecule has 0 aliphatic heterocycles. The molecule has 23 heavy (non-hydrogen) atoms. The number of primary sulfonamides is 1. The smallest absolute Gasteiger partial charge is 0.238 e. The highest BCUT2D eigenvalue weighted by Crippen LogP contribution is 2.29. The minimum Gasteiger partial charge on any atom is -0.374 e. The third kappa shape index (κ3) is 4.89. The van der Waals surface area contributed by atoms with Gasteiger partial charge in [0.05, 0.1) is 10.1 Å². The van der Waals surface area contributed by atoms with E-state index < -0.39 is 10.0 Å². The van der Waals surface area contributed by atoms with Gasteiger partial charge in [0.15, 0.2) is 4.34 Å². The minimum atomic E-state index is -3.75. The van der Waals surface area contributed by atoms with Crippen LogP contribution in [0.4, 0.5) is 10.8 Å². The molecule has 1 atom stereocenters. The molecule has 0 spiro atoms. The first-order valence-corrected chi connectivity index (χ1v) is 9.73. The van der Waals surface area contributed by atoms with Crippen molar-refractivity contribution >= 4 is 49.8 Å². The van der Waals surface area contributed by atoms with Crippen LogP contribution in [-0.4, -0.2) is 29.8 Å². The summed E-state index contributed by atoms with van der Waals surface area (Å²) < 4.78 is 23.0. The molecule has 0 aliphatic carbocycles. The van der Waals surface area contributed by atoms with Gasteiger partial charge in [-0.2, -0.15) is 0 Å². The van der Waals surface area contributed by atoms with Gasteiger partial charge in [-0.25, -0.2) is 13.6 Å². The summed E-state index contributed by atoms with van der Waals surface area (Å²) in [5.74, 6) is -0.213. The van der Waals surface area contributed by atoms with E-state index in [0.29, 0.717) is 21.6 Å². The summed E-state index contributed by atoms with van der Waals surface area (Å²) in [5, 5.41) is 15.3. The number of rotatable bonds is 6. The number of aromatic nitrogens is 2. The van der Waals surface area contributed by atoms with Crippen LogP contribution in [0.25, 0.3) is 0 Å². The molecule has 0 radical (unpaired) electrons.